The lowest BCUT2D eigenvalue weighted by Crippen LogP contribution is -2.45. The Kier molecular flexibility index (Phi) is 2.95. The van der Waals surface area contributed by atoms with Gasteiger partial charge in [-0.3, -0.25) is 0 Å². The number of halogens is 2. The van der Waals surface area contributed by atoms with E-state index in [9.17, 15) is 0 Å². The summed E-state index contributed by atoms with van der Waals surface area (Å²) in [5, 5.41) is 0.852. The first kappa shape index (κ1) is 7.98. The fraction of sp³-hybridized carbons (Fsp3) is 1.00. The molecule has 0 aromatic carbocycles. The number of ether oxygens (including phenoxy) is 2. The third-order valence-corrected chi connectivity index (χ3v) is 3.42. The molecule has 1 atom stereocenters. The summed E-state index contributed by atoms with van der Waals surface area (Å²) in [6.45, 7) is 1.88. The predicted molar refractivity (Wildman–Crippen MR) is 41.9 cm³/mol. The van der Waals surface area contributed by atoms with Crippen molar-refractivity contribution in [2.75, 3.05) is 5.33 Å². The summed E-state index contributed by atoms with van der Waals surface area (Å²) in [6, 6.07) is 0. The van der Waals surface area contributed by atoms with E-state index in [-0.39, 0.29) is 17.4 Å². The van der Waals surface area contributed by atoms with E-state index in [2.05, 4.69) is 31.9 Å². The SMILES string of the molecule is CC1OC(C(Br)CBr)O1. The first-order valence-corrected chi connectivity index (χ1v) is 4.78. The summed E-state index contributed by atoms with van der Waals surface area (Å²) in [5.74, 6) is 0. The highest BCUT2D eigenvalue weighted by Crippen LogP contribution is 2.24. The molecule has 9 heavy (non-hydrogen) atoms. The second-order valence-electron chi connectivity index (χ2n) is 1.88. The van der Waals surface area contributed by atoms with E-state index in [4.69, 9.17) is 9.47 Å². The average Bonchev–Trinajstić information content (AvgIpc) is 1.79. The van der Waals surface area contributed by atoms with Gasteiger partial charge < -0.3 is 9.47 Å². The lowest BCUT2D eigenvalue weighted by Gasteiger charge is -2.36. The minimum atomic E-state index is -0.0561. The zero-order valence-electron chi connectivity index (χ0n) is 5.01. The highest BCUT2D eigenvalue weighted by molar-refractivity contribution is 9.12. The molecule has 0 amide bonds. The van der Waals surface area contributed by atoms with E-state index in [0.29, 0.717) is 0 Å². The molecule has 1 aliphatic heterocycles. The molecule has 0 radical (unpaired) electrons. The number of hydrogen-bond acceptors (Lipinski definition) is 2. The van der Waals surface area contributed by atoms with Crippen LogP contribution in [0.25, 0.3) is 0 Å². The van der Waals surface area contributed by atoms with Crippen LogP contribution >= 0.6 is 31.9 Å². The minimum absolute atomic E-state index is 0.0194. The van der Waals surface area contributed by atoms with Gasteiger partial charge in [-0.05, 0) is 6.92 Å². The molecule has 1 rings (SSSR count). The molecule has 1 fully saturated rings. The molecule has 0 N–H and O–H groups in total. The Hall–Kier alpha value is 0.880. The highest BCUT2D eigenvalue weighted by atomic mass is 79.9. The smallest absolute Gasteiger partial charge is 0.177 e. The third-order valence-electron chi connectivity index (χ3n) is 1.09. The van der Waals surface area contributed by atoms with Gasteiger partial charge in [-0.15, -0.1) is 0 Å². The zero-order chi connectivity index (χ0) is 6.85. The molecule has 4 heteroatoms. The monoisotopic (exact) mass is 258 g/mol. The van der Waals surface area contributed by atoms with Gasteiger partial charge in [0.15, 0.2) is 12.6 Å². The number of rotatable bonds is 2. The van der Waals surface area contributed by atoms with Gasteiger partial charge in [0.25, 0.3) is 0 Å². The van der Waals surface area contributed by atoms with Gasteiger partial charge in [-0.2, -0.15) is 0 Å². The molecule has 0 spiro atoms. The topological polar surface area (TPSA) is 18.5 Å². The van der Waals surface area contributed by atoms with Crippen LogP contribution in [-0.2, 0) is 9.47 Å². The fourth-order valence-corrected chi connectivity index (χ4v) is 1.19. The van der Waals surface area contributed by atoms with Crippen LogP contribution in [0, 0.1) is 0 Å². The van der Waals surface area contributed by atoms with Gasteiger partial charge in [0.2, 0.25) is 0 Å². The van der Waals surface area contributed by atoms with E-state index in [0.717, 1.165) is 5.33 Å². The largest absolute Gasteiger partial charge is 0.323 e. The number of hydrogen-bond donors (Lipinski definition) is 0. The molecule has 0 saturated carbocycles. The lowest BCUT2D eigenvalue weighted by molar-refractivity contribution is -0.372. The lowest BCUT2D eigenvalue weighted by atomic mass is 10.4. The van der Waals surface area contributed by atoms with Crippen molar-refractivity contribution in [1.29, 1.82) is 0 Å². The van der Waals surface area contributed by atoms with Gasteiger partial charge in [0.05, 0.1) is 4.83 Å². The molecule has 2 nitrogen and oxygen atoms in total. The van der Waals surface area contributed by atoms with Crippen LogP contribution in [-0.4, -0.2) is 22.7 Å². The highest BCUT2D eigenvalue weighted by Gasteiger charge is 2.32. The van der Waals surface area contributed by atoms with Gasteiger partial charge in [0, 0.05) is 5.33 Å². The van der Waals surface area contributed by atoms with E-state index < -0.39 is 0 Å². The van der Waals surface area contributed by atoms with Crippen molar-refractivity contribution in [3.05, 3.63) is 0 Å². The molecule has 1 unspecified atom stereocenters. The molecule has 1 saturated heterocycles. The van der Waals surface area contributed by atoms with Gasteiger partial charge in [0.1, 0.15) is 0 Å². The summed E-state index contributed by atoms with van der Waals surface area (Å²) in [7, 11) is 0. The Labute approximate surface area is 71.2 Å². The number of alkyl halides is 2. The van der Waals surface area contributed by atoms with Crippen molar-refractivity contribution in [3.63, 3.8) is 0 Å². The van der Waals surface area contributed by atoms with Crippen molar-refractivity contribution < 1.29 is 9.47 Å². The molecule has 1 aliphatic rings. The molecule has 0 aromatic heterocycles. The average molecular weight is 260 g/mol. The third kappa shape index (κ3) is 1.90. The summed E-state index contributed by atoms with van der Waals surface area (Å²) in [5.41, 5.74) is 0. The Morgan fingerprint density at radius 3 is 2.44 bits per heavy atom. The standard InChI is InChI=1S/C5H8Br2O2/c1-3-8-5(9-3)4(7)2-6/h3-5H,2H2,1H3. The summed E-state index contributed by atoms with van der Waals surface area (Å²) in [4.78, 5) is 0.272. The summed E-state index contributed by atoms with van der Waals surface area (Å²) < 4.78 is 10.4. The summed E-state index contributed by atoms with van der Waals surface area (Å²) in [6.07, 6.45) is -0.0755. The van der Waals surface area contributed by atoms with Crippen molar-refractivity contribution in [2.45, 2.75) is 24.3 Å². The van der Waals surface area contributed by atoms with Crippen molar-refractivity contribution >= 4 is 31.9 Å². The van der Waals surface area contributed by atoms with Crippen LogP contribution in [0.3, 0.4) is 0 Å². The fourth-order valence-electron chi connectivity index (χ4n) is 0.631. The first-order chi connectivity index (χ1) is 4.24. The van der Waals surface area contributed by atoms with Crippen LogP contribution in [0.15, 0.2) is 0 Å². The second kappa shape index (κ2) is 3.32. The van der Waals surface area contributed by atoms with Gasteiger partial charge >= 0.3 is 0 Å². The van der Waals surface area contributed by atoms with E-state index in [1.165, 1.54) is 0 Å². The molecular formula is C5H8Br2O2. The quantitative estimate of drug-likeness (QED) is 0.705. The van der Waals surface area contributed by atoms with Crippen molar-refractivity contribution in [2.24, 2.45) is 0 Å². The van der Waals surface area contributed by atoms with Crippen molar-refractivity contribution in [1.82, 2.24) is 0 Å². The maximum Gasteiger partial charge on any atom is 0.177 e. The molecular weight excluding hydrogens is 252 g/mol. The minimum Gasteiger partial charge on any atom is -0.323 e. The van der Waals surface area contributed by atoms with E-state index in [1.54, 1.807) is 0 Å². The maximum absolute atomic E-state index is 5.19. The molecule has 1 heterocycles. The predicted octanol–water partition coefficient (Wildman–Crippen LogP) is 1.86. The van der Waals surface area contributed by atoms with E-state index in [1.807, 2.05) is 6.92 Å². The first-order valence-electron chi connectivity index (χ1n) is 2.75. The van der Waals surface area contributed by atoms with Crippen LogP contribution in [0.4, 0.5) is 0 Å². The molecule has 0 bridgehead atoms. The van der Waals surface area contributed by atoms with Gasteiger partial charge in [-0.25, -0.2) is 0 Å². The van der Waals surface area contributed by atoms with Crippen LogP contribution in [0.2, 0.25) is 0 Å². The Bertz CT molecular complexity index is 93.0. The van der Waals surface area contributed by atoms with Crippen LogP contribution in [0.5, 0.6) is 0 Å². The zero-order valence-corrected chi connectivity index (χ0v) is 8.18. The molecule has 0 aromatic rings. The maximum atomic E-state index is 5.19. The van der Waals surface area contributed by atoms with Crippen LogP contribution in [0.1, 0.15) is 6.92 Å². The Morgan fingerprint density at radius 1 is 1.56 bits per heavy atom. The normalized spacial score (nSPS) is 37.7. The van der Waals surface area contributed by atoms with E-state index >= 15 is 0 Å². The Morgan fingerprint density at radius 2 is 2.11 bits per heavy atom. The van der Waals surface area contributed by atoms with Crippen molar-refractivity contribution in [3.8, 4) is 0 Å². The Balaban J connectivity index is 2.15. The van der Waals surface area contributed by atoms with Crippen LogP contribution < -0.4 is 0 Å². The second-order valence-corrected chi connectivity index (χ2v) is 3.70. The van der Waals surface area contributed by atoms with Gasteiger partial charge in [-0.1, -0.05) is 31.9 Å². The summed E-state index contributed by atoms with van der Waals surface area (Å²) >= 11 is 6.69. The molecule has 54 valence electrons. The molecule has 0 aliphatic carbocycles.